The first-order chi connectivity index (χ1) is 10.2. The van der Waals surface area contributed by atoms with Crippen molar-refractivity contribution in [3.63, 3.8) is 0 Å². The van der Waals surface area contributed by atoms with Gasteiger partial charge in [-0.05, 0) is 43.5 Å². The highest BCUT2D eigenvalue weighted by atomic mass is 32.1. The third-order valence-electron chi connectivity index (χ3n) is 2.99. The Labute approximate surface area is 139 Å². The summed E-state index contributed by atoms with van der Waals surface area (Å²) in [7, 11) is 0. The molecule has 0 aliphatic heterocycles. The number of nitrogens with zero attached hydrogens (tertiary/aromatic N) is 2. The Bertz CT molecular complexity index is 530. The highest BCUT2D eigenvalue weighted by Crippen LogP contribution is 2.12. The molecule has 114 valence electrons. The summed E-state index contributed by atoms with van der Waals surface area (Å²) in [5.74, 6) is 0. The summed E-state index contributed by atoms with van der Waals surface area (Å²) in [6, 6.07) is 7.78. The van der Waals surface area contributed by atoms with Gasteiger partial charge in [-0.1, -0.05) is 26.7 Å². The van der Waals surface area contributed by atoms with Gasteiger partial charge in [0.15, 0.2) is 0 Å². The lowest BCUT2D eigenvalue weighted by Gasteiger charge is -2.00. The first-order valence-electron chi connectivity index (χ1n) is 7.44. The topological polar surface area (TPSA) is 25.8 Å². The van der Waals surface area contributed by atoms with Crippen LogP contribution in [0.25, 0.3) is 0 Å². The molecule has 0 spiro atoms. The van der Waals surface area contributed by atoms with Crippen molar-refractivity contribution in [3.05, 3.63) is 48.0 Å². The molecule has 0 radical (unpaired) electrons. The number of pyridine rings is 2. The summed E-state index contributed by atoms with van der Waals surface area (Å²) in [5.41, 5.74) is 2.23. The zero-order valence-corrected chi connectivity index (χ0v) is 14.6. The van der Waals surface area contributed by atoms with Gasteiger partial charge in [0.1, 0.15) is 0 Å². The van der Waals surface area contributed by atoms with Crippen molar-refractivity contribution in [2.45, 2.75) is 55.7 Å². The van der Waals surface area contributed by atoms with Crippen LogP contribution in [0.5, 0.6) is 0 Å². The molecule has 0 aliphatic carbocycles. The molecule has 0 saturated heterocycles. The maximum atomic E-state index is 4.31. The summed E-state index contributed by atoms with van der Waals surface area (Å²) in [6.45, 7) is 4.32. The molecule has 2 aromatic rings. The molecule has 0 fully saturated rings. The van der Waals surface area contributed by atoms with Crippen LogP contribution in [0.1, 0.15) is 44.5 Å². The summed E-state index contributed by atoms with van der Waals surface area (Å²) in [6.07, 6.45) is 9.25. The van der Waals surface area contributed by atoms with E-state index >= 15 is 0 Å². The van der Waals surface area contributed by atoms with Crippen molar-refractivity contribution in [1.82, 2.24) is 9.97 Å². The molecule has 0 bridgehead atoms. The average Bonchev–Trinajstić information content (AvgIpc) is 2.50. The maximum Gasteiger partial charge on any atom is 0.0536 e. The number of hydrogen-bond acceptors (Lipinski definition) is 4. The van der Waals surface area contributed by atoms with Crippen LogP contribution in [0.3, 0.4) is 0 Å². The molecule has 2 rings (SSSR count). The van der Waals surface area contributed by atoms with E-state index in [1.54, 1.807) is 0 Å². The lowest BCUT2D eigenvalue weighted by molar-refractivity contribution is 0.764. The number of hydrogen-bond donors (Lipinski definition) is 2. The van der Waals surface area contributed by atoms with E-state index in [9.17, 15) is 0 Å². The van der Waals surface area contributed by atoms with Gasteiger partial charge >= 0.3 is 0 Å². The smallest absolute Gasteiger partial charge is 0.0536 e. The molecular weight excluding hydrogens is 296 g/mol. The fraction of sp³-hybridized carbons (Fsp3) is 0.412. The quantitative estimate of drug-likeness (QED) is 0.755. The molecular formula is C17H24N2S2. The molecule has 21 heavy (non-hydrogen) atoms. The van der Waals surface area contributed by atoms with Gasteiger partial charge < -0.3 is 0 Å². The fourth-order valence-electron chi connectivity index (χ4n) is 1.83. The van der Waals surface area contributed by atoms with E-state index in [0.717, 1.165) is 40.4 Å². The molecule has 0 aliphatic rings. The maximum absolute atomic E-state index is 4.31. The van der Waals surface area contributed by atoms with Crippen molar-refractivity contribution in [3.8, 4) is 0 Å². The zero-order chi connectivity index (χ0) is 15.5. The molecule has 2 heterocycles. The Hall–Kier alpha value is -1.00. The van der Waals surface area contributed by atoms with Crippen LogP contribution in [-0.2, 0) is 12.8 Å². The molecule has 0 aromatic carbocycles. The van der Waals surface area contributed by atoms with Crippen molar-refractivity contribution in [1.29, 1.82) is 0 Å². The van der Waals surface area contributed by atoms with Crippen LogP contribution in [-0.4, -0.2) is 9.97 Å². The van der Waals surface area contributed by atoms with E-state index in [2.05, 4.69) is 49.1 Å². The van der Waals surface area contributed by atoms with Gasteiger partial charge in [0.25, 0.3) is 0 Å². The predicted molar refractivity (Wildman–Crippen MR) is 95.6 cm³/mol. The zero-order valence-electron chi connectivity index (χ0n) is 12.8. The van der Waals surface area contributed by atoms with Crippen molar-refractivity contribution >= 4 is 25.3 Å². The fourth-order valence-corrected chi connectivity index (χ4v) is 2.34. The van der Waals surface area contributed by atoms with Crippen LogP contribution in [0, 0.1) is 0 Å². The standard InChI is InChI=1S/C9H13NS.C8H11NS/c1-2-3-5-8-9(11)6-4-7-10-8;1-2-4-7-8(10)5-3-6-9-7/h4,6-7,11H,2-3,5H2,1H3;3,5-6,10H,2,4H2,1H3. The largest absolute Gasteiger partial charge is 0.260 e. The summed E-state index contributed by atoms with van der Waals surface area (Å²) in [5, 5.41) is 0. The molecule has 2 nitrogen and oxygen atoms in total. The molecule has 0 atom stereocenters. The van der Waals surface area contributed by atoms with Crippen molar-refractivity contribution < 1.29 is 0 Å². The first kappa shape index (κ1) is 18.1. The van der Waals surface area contributed by atoms with Crippen LogP contribution in [0.15, 0.2) is 46.5 Å². The van der Waals surface area contributed by atoms with Gasteiger partial charge in [-0.15, -0.1) is 25.3 Å². The second-order valence-corrected chi connectivity index (χ2v) is 5.76. The Morgan fingerprint density at radius 3 is 1.76 bits per heavy atom. The summed E-state index contributed by atoms with van der Waals surface area (Å²) < 4.78 is 0. The minimum atomic E-state index is 1.00. The lowest BCUT2D eigenvalue weighted by Crippen LogP contribution is -1.90. The number of thiol groups is 2. The highest BCUT2D eigenvalue weighted by Gasteiger charge is 1.97. The molecule has 0 saturated carbocycles. The van der Waals surface area contributed by atoms with Gasteiger partial charge in [-0.3, -0.25) is 9.97 Å². The van der Waals surface area contributed by atoms with Crippen molar-refractivity contribution in [2.24, 2.45) is 0 Å². The predicted octanol–water partition coefficient (Wildman–Crippen LogP) is 5.04. The van der Waals surface area contributed by atoms with Crippen molar-refractivity contribution in [2.75, 3.05) is 0 Å². The van der Waals surface area contributed by atoms with Gasteiger partial charge in [0, 0.05) is 22.2 Å². The Morgan fingerprint density at radius 1 is 0.810 bits per heavy atom. The Balaban J connectivity index is 0.000000211. The minimum Gasteiger partial charge on any atom is -0.260 e. The van der Waals surface area contributed by atoms with E-state index in [1.165, 1.54) is 12.8 Å². The number of aromatic nitrogens is 2. The monoisotopic (exact) mass is 320 g/mol. The van der Waals surface area contributed by atoms with Crippen LogP contribution >= 0.6 is 25.3 Å². The van der Waals surface area contributed by atoms with Gasteiger partial charge in [0.2, 0.25) is 0 Å². The second kappa shape index (κ2) is 10.7. The van der Waals surface area contributed by atoms with E-state index < -0.39 is 0 Å². The van der Waals surface area contributed by atoms with E-state index in [1.807, 2.05) is 36.7 Å². The molecule has 0 unspecified atom stereocenters. The Kier molecular flexibility index (Phi) is 9.19. The molecule has 2 aromatic heterocycles. The second-order valence-electron chi connectivity index (χ2n) is 4.79. The molecule has 0 N–H and O–H groups in total. The van der Waals surface area contributed by atoms with Gasteiger partial charge in [0.05, 0.1) is 11.4 Å². The number of aryl methyl sites for hydroxylation is 2. The van der Waals surface area contributed by atoms with Gasteiger partial charge in [-0.2, -0.15) is 0 Å². The van der Waals surface area contributed by atoms with Crippen LogP contribution < -0.4 is 0 Å². The number of unbranched alkanes of at least 4 members (excludes halogenated alkanes) is 1. The van der Waals surface area contributed by atoms with E-state index in [0.29, 0.717) is 0 Å². The minimum absolute atomic E-state index is 1.00. The van der Waals surface area contributed by atoms with Gasteiger partial charge in [-0.25, -0.2) is 0 Å². The Morgan fingerprint density at radius 2 is 1.33 bits per heavy atom. The van der Waals surface area contributed by atoms with Crippen LogP contribution in [0.2, 0.25) is 0 Å². The highest BCUT2D eigenvalue weighted by molar-refractivity contribution is 7.80. The summed E-state index contributed by atoms with van der Waals surface area (Å²) >= 11 is 8.58. The summed E-state index contributed by atoms with van der Waals surface area (Å²) in [4.78, 5) is 10.4. The lowest BCUT2D eigenvalue weighted by atomic mass is 10.2. The van der Waals surface area contributed by atoms with E-state index in [-0.39, 0.29) is 0 Å². The average molecular weight is 321 g/mol. The third kappa shape index (κ3) is 7.00. The number of rotatable bonds is 5. The van der Waals surface area contributed by atoms with E-state index in [4.69, 9.17) is 0 Å². The molecule has 0 amide bonds. The van der Waals surface area contributed by atoms with Crippen LogP contribution in [0.4, 0.5) is 0 Å². The first-order valence-corrected chi connectivity index (χ1v) is 8.34. The molecule has 4 heteroatoms. The SMILES string of the molecule is CCCCc1ncccc1S.CCCc1ncccc1S. The third-order valence-corrected chi connectivity index (χ3v) is 3.80. The normalized spacial score (nSPS) is 9.90.